The van der Waals surface area contributed by atoms with Gasteiger partial charge in [-0.05, 0) is 56.9 Å². The van der Waals surface area contributed by atoms with Gasteiger partial charge in [0.25, 0.3) is 0 Å². The zero-order valence-electron chi connectivity index (χ0n) is 19.4. The monoisotopic (exact) mass is 460 g/mol. The molecule has 0 saturated heterocycles. The van der Waals surface area contributed by atoms with Crippen LogP contribution in [0.1, 0.15) is 0 Å². The zero-order valence-corrected chi connectivity index (χ0v) is 19.4. The van der Waals surface area contributed by atoms with E-state index in [1.165, 1.54) is 32.7 Å². The largest absolute Gasteiger partial charge is 0.456 e. The van der Waals surface area contributed by atoms with Crippen molar-refractivity contribution in [3.05, 3.63) is 121 Å². The maximum atomic E-state index is 6.60. The fourth-order valence-corrected chi connectivity index (χ4v) is 5.69. The molecule has 168 valence electrons. The predicted octanol–water partition coefficient (Wildman–Crippen LogP) is 9.97. The van der Waals surface area contributed by atoms with Crippen LogP contribution in [-0.2, 0) is 0 Å². The molecule has 0 unspecified atom stereocenters. The molecular formula is C34H20O2. The Morgan fingerprint density at radius 1 is 0.361 bits per heavy atom. The lowest BCUT2D eigenvalue weighted by Crippen LogP contribution is -1.89. The fraction of sp³-hybridized carbons (Fsp3) is 0. The van der Waals surface area contributed by atoms with E-state index >= 15 is 0 Å². The molecule has 0 aliphatic carbocycles. The first-order chi connectivity index (χ1) is 17.8. The summed E-state index contributed by atoms with van der Waals surface area (Å²) >= 11 is 0. The third kappa shape index (κ3) is 2.73. The van der Waals surface area contributed by atoms with Crippen LogP contribution in [0.25, 0.3) is 76.9 Å². The number of rotatable bonds is 2. The van der Waals surface area contributed by atoms with Crippen molar-refractivity contribution >= 4 is 54.5 Å². The summed E-state index contributed by atoms with van der Waals surface area (Å²) in [6.07, 6.45) is 0. The lowest BCUT2D eigenvalue weighted by atomic mass is 9.87. The van der Waals surface area contributed by atoms with E-state index in [1.807, 2.05) is 18.2 Å². The first-order valence-electron chi connectivity index (χ1n) is 12.2. The molecule has 2 heterocycles. The normalized spacial score (nSPS) is 11.9. The molecule has 0 amide bonds. The molecule has 0 N–H and O–H groups in total. The average molecular weight is 461 g/mol. The van der Waals surface area contributed by atoms with Crippen molar-refractivity contribution in [2.24, 2.45) is 0 Å². The lowest BCUT2D eigenvalue weighted by Gasteiger charge is -2.16. The van der Waals surface area contributed by atoms with E-state index in [2.05, 4.69) is 103 Å². The molecule has 0 spiro atoms. The van der Waals surface area contributed by atoms with E-state index in [9.17, 15) is 0 Å². The Bertz CT molecular complexity index is 2030. The van der Waals surface area contributed by atoms with Gasteiger partial charge in [-0.1, -0.05) is 97.1 Å². The summed E-state index contributed by atoms with van der Waals surface area (Å²) in [5.74, 6) is 0.869. The average Bonchev–Trinajstić information content (AvgIpc) is 3.51. The molecule has 8 rings (SSSR count). The van der Waals surface area contributed by atoms with Gasteiger partial charge in [-0.2, -0.15) is 0 Å². The second-order valence-corrected chi connectivity index (χ2v) is 9.30. The van der Waals surface area contributed by atoms with E-state index in [0.717, 1.165) is 44.2 Å². The Kier molecular flexibility index (Phi) is 3.97. The maximum Gasteiger partial charge on any atom is 0.136 e. The Balaban J connectivity index is 1.46. The Hall–Kier alpha value is -4.82. The second-order valence-electron chi connectivity index (χ2n) is 9.30. The summed E-state index contributed by atoms with van der Waals surface area (Å²) in [5.41, 5.74) is 6.24. The van der Waals surface area contributed by atoms with Gasteiger partial charge in [0.1, 0.15) is 22.5 Å². The van der Waals surface area contributed by atoms with Gasteiger partial charge in [-0.25, -0.2) is 0 Å². The molecule has 2 nitrogen and oxygen atoms in total. The Labute approximate surface area is 207 Å². The molecule has 6 aromatic carbocycles. The Morgan fingerprint density at radius 2 is 0.944 bits per heavy atom. The van der Waals surface area contributed by atoms with Crippen LogP contribution in [-0.4, -0.2) is 0 Å². The van der Waals surface area contributed by atoms with Crippen LogP contribution < -0.4 is 0 Å². The SMILES string of the molecule is c1ccc(-c2c3ccccc3c(-c3cc4cc5oc6ccccc6c5cc4o3)c3ccccc23)cc1. The van der Waals surface area contributed by atoms with Gasteiger partial charge >= 0.3 is 0 Å². The van der Waals surface area contributed by atoms with Gasteiger partial charge in [0.2, 0.25) is 0 Å². The van der Waals surface area contributed by atoms with Crippen LogP contribution in [0.5, 0.6) is 0 Å². The molecule has 0 fully saturated rings. The van der Waals surface area contributed by atoms with E-state index in [0.29, 0.717) is 0 Å². The van der Waals surface area contributed by atoms with Gasteiger partial charge in [0.05, 0.1) is 0 Å². The highest BCUT2D eigenvalue weighted by Gasteiger charge is 2.19. The smallest absolute Gasteiger partial charge is 0.136 e. The summed E-state index contributed by atoms with van der Waals surface area (Å²) in [6.45, 7) is 0. The van der Waals surface area contributed by atoms with Crippen molar-refractivity contribution in [3.63, 3.8) is 0 Å². The number of hydrogen-bond acceptors (Lipinski definition) is 2. The third-order valence-corrected chi connectivity index (χ3v) is 7.26. The number of hydrogen-bond donors (Lipinski definition) is 0. The topological polar surface area (TPSA) is 26.3 Å². The Morgan fingerprint density at radius 3 is 1.64 bits per heavy atom. The zero-order chi connectivity index (χ0) is 23.6. The molecule has 2 aromatic heterocycles. The van der Waals surface area contributed by atoms with E-state index in [4.69, 9.17) is 8.83 Å². The highest BCUT2D eigenvalue weighted by atomic mass is 16.3. The standard InChI is InChI=1S/C34H20O2/c1-2-10-21(11-3-1)33-24-13-4-6-15-26(24)34(27-16-7-5-14-25(27)33)32-19-22-18-31-28(20-30(22)36-32)23-12-8-9-17-29(23)35-31/h1-20H. The van der Waals surface area contributed by atoms with Crippen LogP contribution in [0.15, 0.2) is 130 Å². The third-order valence-electron chi connectivity index (χ3n) is 7.26. The van der Waals surface area contributed by atoms with Crippen LogP contribution in [0, 0.1) is 0 Å². The van der Waals surface area contributed by atoms with E-state index < -0.39 is 0 Å². The van der Waals surface area contributed by atoms with Crippen LogP contribution in [0.4, 0.5) is 0 Å². The van der Waals surface area contributed by atoms with Crippen molar-refractivity contribution in [1.29, 1.82) is 0 Å². The van der Waals surface area contributed by atoms with Crippen molar-refractivity contribution in [3.8, 4) is 22.5 Å². The summed E-state index contributed by atoms with van der Waals surface area (Å²) in [7, 11) is 0. The highest BCUT2D eigenvalue weighted by Crippen LogP contribution is 2.45. The van der Waals surface area contributed by atoms with Gasteiger partial charge in [-0.3, -0.25) is 0 Å². The van der Waals surface area contributed by atoms with Crippen molar-refractivity contribution in [2.75, 3.05) is 0 Å². The van der Waals surface area contributed by atoms with Gasteiger partial charge < -0.3 is 8.83 Å². The van der Waals surface area contributed by atoms with Gasteiger partial charge in [-0.15, -0.1) is 0 Å². The first-order valence-corrected chi connectivity index (χ1v) is 12.2. The molecule has 0 saturated carbocycles. The summed E-state index contributed by atoms with van der Waals surface area (Å²) in [6, 6.07) is 42.5. The molecule has 8 aromatic rings. The molecule has 0 bridgehead atoms. The summed E-state index contributed by atoms with van der Waals surface area (Å²) in [5, 5.41) is 8.03. The molecule has 36 heavy (non-hydrogen) atoms. The van der Waals surface area contributed by atoms with Gasteiger partial charge in [0, 0.05) is 21.7 Å². The van der Waals surface area contributed by atoms with E-state index in [-0.39, 0.29) is 0 Å². The maximum absolute atomic E-state index is 6.60. The fourth-order valence-electron chi connectivity index (χ4n) is 5.69. The van der Waals surface area contributed by atoms with Crippen molar-refractivity contribution in [1.82, 2.24) is 0 Å². The molecule has 0 aliphatic heterocycles. The predicted molar refractivity (Wildman–Crippen MR) is 149 cm³/mol. The number of benzene rings is 6. The highest BCUT2D eigenvalue weighted by molar-refractivity contribution is 6.21. The quantitative estimate of drug-likeness (QED) is 0.240. The van der Waals surface area contributed by atoms with Gasteiger partial charge in [0.15, 0.2) is 0 Å². The van der Waals surface area contributed by atoms with E-state index in [1.54, 1.807) is 0 Å². The molecular weight excluding hydrogens is 440 g/mol. The van der Waals surface area contributed by atoms with Crippen molar-refractivity contribution in [2.45, 2.75) is 0 Å². The number of furan rings is 2. The summed E-state index contributed by atoms with van der Waals surface area (Å²) in [4.78, 5) is 0. The summed E-state index contributed by atoms with van der Waals surface area (Å²) < 4.78 is 12.7. The minimum atomic E-state index is 0.865. The van der Waals surface area contributed by atoms with Crippen LogP contribution in [0.3, 0.4) is 0 Å². The molecule has 0 radical (unpaired) electrons. The van der Waals surface area contributed by atoms with Crippen LogP contribution >= 0.6 is 0 Å². The number of fused-ring (bicyclic) bond motifs is 6. The second kappa shape index (κ2) is 7.34. The van der Waals surface area contributed by atoms with Crippen LogP contribution in [0.2, 0.25) is 0 Å². The molecule has 0 atom stereocenters. The molecule has 0 aliphatic rings. The van der Waals surface area contributed by atoms with Crippen molar-refractivity contribution < 1.29 is 8.83 Å². The minimum absolute atomic E-state index is 0.865. The first kappa shape index (κ1) is 19.5. The molecule has 2 heteroatoms. The lowest BCUT2D eigenvalue weighted by molar-refractivity contribution is 0.633. The minimum Gasteiger partial charge on any atom is -0.456 e. The number of para-hydroxylation sites is 1.